The van der Waals surface area contributed by atoms with E-state index in [2.05, 4.69) is 5.32 Å². The Bertz CT molecular complexity index is 846. The molecule has 0 unspecified atom stereocenters. The van der Waals surface area contributed by atoms with Gasteiger partial charge in [-0.15, -0.1) is 0 Å². The maximum Gasteiger partial charge on any atom is 0.254 e. The smallest absolute Gasteiger partial charge is 0.254 e. The van der Waals surface area contributed by atoms with Crippen LogP contribution in [0.1, 0.15) is 17.3 Å². The van der Waals surface area contributed by atoms with Crippen molar-refractivity contribution in [3.05, 3.63) is 60.2 Å². The third-order valence-electron chi connectivity index (χ3n) is 3.63. The molecule has 7 heteroatoms. The van der Waals surface area contributed by atoms with Gasteiger partial charge in [-0.25, -0.2) is 8.42 Å². The van der Waals surface area contributed by atoms with Crippen LogP contribution in [0.25, 0.3) is 0 Å². The molecular formula is C18H20N2O4S. The second-order valence-corrected chi connectivity index (χ2v) is 7.78. The summed E-state index contributed by atoms with van der Waals surface area (Å²) >= 11 is 0. The van der Waals surface area contributed by atoms with Gasteiger partial charge in [0.2, 0.25) is 5.91 Å². The molecule has 0 spiro atoms. The molecule has 2 aromatic rings. The van der Waals surface area contributed by atoms with E-state index in [-0.39, 0.29) is 29.0 Å². The molecule has 0 saturated heterocycles. The number of nitrogens with zero attached hydrogens (tertiary/aromatic N) is 1. The number of sulfone groups is 1. The number of amides is 2. The highest BCUT2D eigenvalue weighted by atomic mass is 32.2. The Labute approximate surface area is 147 Å². The minimum absolute atomic E-state index is 0.000146. The Morgan fingerprint density at radius 1 is 1.00 bits per heavy atom. The van der Waals surface area contributed by atoms with E-state index in [0.29, 0.717) is 11.3 Å². The summed E-state index contributed by atoms with van der Waals surface area (Å²) < 4.78 is 23.6. The van der Waals surface area contributed by atoms with Crippen LogP contribution in [0.2, 0.25) is 0 Å². The van der Waals surface area contributed by atoms with Gasteiger partial charge in [-0.2, -0.15) is 0 Å². The van der Waals surface area contributed by atoms with E-state index >= 15 is 0 Å². The second kappa shape index (κ2) is 7.94. The van der Waals surface area contributed by atoms with Crippen LogP contribution in [0.3, 0.4) is 0 Å². The van der Waals surface area contributed by atoms with Gasteiger partial charge in [-0.3, -0.25) is 9.59 Å². The molecule has 2 amide bonds. The maximum absolute atomic E-state index is 12.4. The molecule has 0 bridgehead atoms. The molecule has 0 heterocycles. The van der Waals surface area contributed by atoms with Gasteiger partial charge >= 0.3 is 0 Å². The molecule has 0 aromatic heterocycles. The first-order valence-corrected chi connectivity index (χ1v) is 9.42. The third-order valence-corrected chi connectivity index (χ3v) is 5.38. The molecule has 25 heavy (non-hydrogen) atoms. The van der Waals surface area contributed by atoms with Crippen LogP contribution in [0.5, 0.6) is 0 Å². The van der Waals surface area contributed by atoms with Gasteiger partial charge in [0, 0.05) is 18.3 Å². The predicted molar refractivity (Wildman–Crippen MR) is 96.2 cm³/mol. The molecule has 0 aliphatic heterocycles. The van der Waals surface area contributed by atoms with Crippen molar-refractivity contribution in [1.82, 2.24) is 4.90 Å². The highest BCUT2D eigenvalue weighted by Crippen LogP contribution is 2.13. The maximum atomic E-state index is 12.4. The predicted octanol–water partition coefficient (Wildman–Crippen LogP) is 2.19. The van der Waals surface area contributed by atoms with Crippen LogP contribution >= 0.6 is 0 Å². The average Bonchev–Trinajstić information content (AvgIpc) is 2.61. The van der Waals surface area contributed by atoms with Crippen molar-refractivity contribution in [1.29, 1.82) is 0 Å². The van der Waals surface area contributed by atoms with Crippen LogP contribution in [0, 0.1) is 0 Å². The molecule has 2 rings (SSSR count). The number of rotatable bonds is 6. The first kappa shape index (κ1) is 18.7. The monoisotopic (exact) mass is 360 g/mol. The minimum Gasteiger partial charge on any atom is -0.332 e. The van der Waals surface area contributed by atoms with Crippen molar-refractivity contribution in [2.24, 2.45) is 0 Å². The normalized spacial score (nSPS) is 11.0. The van der Waals surface area contributed by atoms with Crippen molar-refractivity contribution in [3.63, 3.8) is 0 Å². The van der Waals surface area contributed by atoms with Gasteiger partial charge in [-0.05, 0) is 36.4 Å². The molecule has 6 nitrogen and oxygen atoms in total. The third kappa shape index (κ3) is 4.90. The largest absolute Gasteiger partial charge is 0.332 e. The van der Waals surface area contributed by atoms with Crippen LogP contribution < -0.4 is 5.32 Å². The first-order valence-electron chi connectivity index (χ1n) is 7.76. The Morgan fingerprint density at radius 2 is 1.60 bits per heavy atom. The fourth-order valence-electron chi connectivity index (χ4n) is 2.20. The van der Waals surface area contributed by atoms with Gasteiger partial charge in [0.25, 0.3) is 5.91 Å². The molecule has 132 valence electrons. The molecular weight excluding hydrogens is 340 g/mol. The second-order valence-electron chi connectivity index (χ2n) is 5.50. The molecule has 0 aliphatic carbocycles. The van der Waals surface area contributed by atoms with Gasteiger partial charge in [0.05, 0.1) is 17.2 Å². The molecule has 1 N–H and O–H groups in total. The fraction of sp³-hybridized carbons (Fsp3) is 0.222. The van der Waals surface area contributed by atoms with Crippen LogP contribution in [0.15, 0.2) is 59.5 Å². The van der Waals surface area contributed by atoms with Crippen molar-refractivity contribution in [2.45, 2.75) is 11.8 Å². The van der Waals surface area contributed by atoms with Crippen LogP contribution in [0.4, 0.5) is 5.69 Å². The summed E-state index contributed by atoms with van der Waals surface area (Å²) in [5.41, 5.74) is 0.979. The molecule has 0 saturated carbocycles. The molecule has 0 radical (unpaired) electrons. The van der Waals surface area contributed by atoms with E-state index in [1.165, 1.54) is 36.2 Å². The summed E-state index contributed by atoms with van der Waals surface area (Å²) in [7, 11) is -1.79. The summed E-state index contributed by atoms with van der Waals surface area (Å²) in [5, 5.41) is 2.70. The number of hydrogen-bond donors (Lipinski definition) is 1. The van der Waals surface area contributed by atoms with Crippen molar-refractivity contribution in [3.8, 4) is 0 Å². The van der Waals surface area contributed by atoms with E-state index in [0.717, 1.165) is 0 Å². The lowest BCUT2D eigenvalue weighted by Crippen LogP contribution is -2.34. The van der Waals surface area contributed by atoms with Crippen LogP contribution in [-0.2, 0) is 14.6 Å². The molecule has 0 aliphatic rings. The number of para-hydroxylation sites is 1. The molecule has 0 atom stereocenters. The van der Waals surface area contributed by atoms with E-state index in [1.54, 1.807) is 31.2 Å². The van der Waals surface area contributed by atoms with Gasteiger partial charge in [0.1, 0.15) is 0 Å². The number of benzene rings is 2. The number of likely N-dealkylation sites (N-methyl/N-ethyl adjacent to an activating group) is 1. The Kier molecular flexibility index (Phi) is 5.93. The fourth-order valence-corrected chi connectivity index (χ4v) is 3.09. The zero-order chi connectivity index (χ0) is 18.4. The summed E-state index contributed by atoms with van der Waals surface area (Å²) in [6.45, 7) is 1.45. The lowest BCUT2D eigenvalue weighted by Gasteiger charge is -2.17. The average molecular weight is 360 g/mol. The highest BCUT2D eigenvalue weighted by molar-refractivity contribution is 7.91. The number of hydrogen-bond acceptors (Lipinski definition) is 4. The van der Waals surface area contributed by atoms with E-state index in [4.69, 9.17) is 0 Å². The summed E-state index contributed by atoms with van der Waals surface area (Å²) in [6, 6.07) is 14.7. The number of nitrogens with one attached hydrogen (secondary N) is 1. The Hall–Kier alpha value is -2.67. The first-order chi connectivity index (χ1) is 11.8. The Balaban J connectivity index is 2.01. The molecule has 2 aromatic carbocycles. The lowest BCUT2D eigenvalue weighted by molar-refractivity contribution is -0.116. The minimum atomic E-state index is -3.30. The number of carbonyl (C=O) groups is 2. The number of anilines is 1. The van der Waals surface area contributed by atoms with Crippen molar-refractivity contribution >= 4 is 27.3 Å². The zero-order valence-electron chi connectivity index (χ0n) is 14.1. The highest BCUT2D eigenvalue weighted by Gasteiger charge is 2.17. The van der Waals surface area contributed by atoms with Crippen molar-refractivity contribution < 1.29 is 18.0 Å². The summed E-state index contributed by atoms with van der Waals surface area (Å²) in [4.78, 5) is 25.8. The lowest BCUT2D eigenvalue weighted by atomic mass is 10.2. The van der Waals surface area contributed by atoms with Crippen molar-refractivity contribution in [2.75, 3.05) is 24.7 Å². The van der Waals surface area contributed by atoms with E-state index < -0.39 is 9.84 Å². The topological polar surface area (TPSA) is 83.6 Å². The van der Waals surface area contributed by atoms with Crippen LogP contribution in [-0.4, -0.2) is 44.5 Å². The summed E-state index contributed by atoms with van der Waals surface area (Å²) in [5.74, 6) is -0.671. The van der Waals surface area contributed by atoms with Gasteiger partial charge in [0.15, 0.2) is 9.84 Å². The quantitative estimate of drug-likeness (QED) is 0.856. The molecule has 0 fully saturated rings. The number of carbonyl (C=O) groups excluding carboxylic acids is 2. The van der Waals surface area contributed by atoms with Gasteiger partial charge < -0.3 is 10.2 Å². The SMILES string of the molecule is CCS(=O)(=O)c1ccc(C(=O)N(C)CC(=O)Nc2ccccc2)cc1. The zero-order valence-corrected chi connectivity index (χ0v) is 14.9. The van der Waals surface area contributed by atoms with Gasteiger partial charge in [-0.1, -0.05) is 25.1 Å². The Morgan fingerprint density at radius 3 is 2.16 bits per heavy atom. The van der Waals surface area contributed by atoms with E-state index in [1.807, 2.05) is 6.07 Å². The summed E-state index contributed by atoms with van der Waals surface area (Å²) in [6.07, 6.45) is 0. The standard InChI is InChI=1S/C18H20N2O4S/c1-3-25(23,24)16-11-9-14(10-12-16)18(22)20(2)13-17(21)19-15-7-5-4-6-8-15/h4-12H,3,13H2,1-2H3,(H,19,21). The van der Waals surface area contributed by atoms with E-state index in [9.17, 15) is 18.0 Å².